The predicted octanol–water partition coefficient (Wildman–Crippen LogP) is 2.94. The zero-order valence-corrected chi connectivity index (χ0v) is 12.1. The third kappa shape index (κ3) is 2.06. The number of nitrogens with one attached hydrogen (secondary N) is 1. The van der Waals surface area contributed by atoms with Crippen LogP contribution in [0.15, 0.2) is 48.9 Å². The first-order chi connectivity index (χ1) is 10.8. The second kappa shape index (κ2) is 5.26. The maximum atomic E-state index is 13.0. The summed E-state index contributed by atoms with van der Waals surface area (Å²) in [4.78, 5) is 19.0. The van der Waals surface area contributed by atoms with Gasteiger partial charge in [-0.05, 0) is 36.6 Å². The van der Waals surface area contributed by atoms with Crippen LogP contribution in [-0.2, 0) is 0 Å². The molecule has 3 aromatic rings. The largest absolute Gasteiger partial charge is 0.332 e. The number of hydrogen-bond acceptors (Lipinski definition) is 3. The number of benzene rings is 1. The highest BCUT2D eigenvalue weighted by Crippen LogP contribution is 2.33. The summed E-state index contributed by atoms with van der Waals surface area (Å²) in [6.45, 7) is 0.788. The van der Waals surface area contributed by atoms with E-state index in [0.29, 0.717) is 5.56 Å². The number of aromatic nitrogens is 3. The van der Waals surface area contributed by atoms with Crippen molar-refractivity contribution < 1.29 is 4.79 Å². The lowest BCUT2D eigenvalue weighted by Crippen LogP contribution is -2.30. The minimum atomic E-state index is 0.0640. The Bertz CT molecular complexity index is 812. The van der Waals surface area contributed by atoms with Crippen molar-refractivity contribution in [3.8, 4) is 0 Å². The number of fused-ring (bicyclic) bond motifs is 1. The summed E-state index contributed by atoms with van der Waals surface area (Å²) in [6, 6.07) is 9.85. The van der Waals surface area contributed by atoms with Crippen molar-refractivity contribution in [2.24, 2.45) is 0 Å². The van der Waals surface area contributed by atoms with Crippen LogP contribution in [0, 0.1) is 0 Å². The zero-order valence-electron chi connectivity index (χ0n) is 12.1. The van der Waals surface area contributed by atoms with Crippen molar-refractivity contribution >= 4 is 16.8 Å². The van der Waals surface area contributed by atoms with E-state index in [0.717, 1.165) is 35.9 Å². The van der Waals surface area contributed by atoms with Crippen LogP contribution >= 0.6 is 0 Å². The third-order valence-electron chi connectivity index (χ3n) is 4.31. The topological polar surface area (TPSA) is 61.9 Å². The van der Waals surface area contributed by atoms with Crippen molar-refractivity contribution in [2.45, 2.75) is 18.9 Å². The van der Waals surface area contributed by atoms with Gasteiger partial charge in [-0.25, -0.2) is 0 Å². The number of carbonyl (C=O) groups is 1. The molecule has 3 heterocycles. The molecule has 0 spiro atoms. The standard InChI is InChI=1S/C17H16N4O/c22-17(14-4-1-3-13-11-19-20-16(13)14)21-10-2-5-15(21)12-6-8-18-9-7-12/h1,3-4,6-9,11,15H,2,5,10H2,(H,19,20)/t15-/m0/s1. The summed E-state index contributed by atoms with van der Waals surface area (Å²) in [5, 5.41) is 7.95. The van der Waals surface area contributed by atoms with Crippen LogP contribution in [0.1, 0.15) is 34.8 Å². The van der Waals surface area contributed by atoms with Gasteiger partial charge in [-0.2, -0.15) is 5.10 Å². The van der Waals surface area contributed by atoms with Crippen LogP contribution < -0.4 is 0 Å². The van der Waals surface area contributed by atoms with Gasteiger partial charge < -0.3 is 4.90 Å². The van der Waals surface area contributed by atoms with E-state index >= 15 is 0 Å². The number of amides is 1. The smallest absolute Gasteiger partial charge is 0.256 e. The number of likely N-dealkylation sites (tertiary alicyclic amines) is 1. The maximum absolute atomic E-state index is 13.0. The van der Waals surface area contributed by atoms with Crippen molar-refractivity contribution in [1.29, 1.82) is 0 Å². The number of pyridine rings is 1. The van der Waals surface area contributed by atoms with E-state index in [9.17, 15) is 4.79 Å². The highest BCUT2D eigenvalue weighted by molar-refractivity contribution is 6.05. The Balaban J connectivity index is 1.71. The number of hydrogen-bond donors (Lipinski definition) is 1. The Morgan fingerprint density at radius 1 is 1.23 bits per heavy atom. The van der Waals surface area contributed by atoms with Crippen molar-refractivity contribution in [1.82, 2.24) is 20.1 Å². The highest BCUT2D eigenvalue weighted by atomic mass is 16.2. The van der Waals surface area contributed by atoms with Gasteiger partial charge in [0, 0.05) is 24.3 Å². The lowest BCUT2D eigenvalue weighted by Gasteiger charge is -2.25. The number of para-hydroxylation sites is 1. The third-order valence-corrected chi connectivity index (χ3v) is 4.31. The SMILES string of the molecule is O=C(c1cccc2cn[nH]c12)N1CCC[C@H]1c1ccncc1. The molecule has 1 amide bonds. The molecule has 0 bridgehead atoms. The quantitative estimate of drug-likeness (QED) is 0.790. The molecular weight excluding hydrogens is 276 g/mol. The van der Waals surface area contributed by atoms with E-state index < -0.39 is 0 Å². The average Bonchev–Trinajstić information content (AvgIpc) is 3.23. The fourth-order valence-electron chi connectivity index (χ4n) is 3.24. The van der Waals surface area contributed by atoms with E-state index in [4.69, 9.17) is 0 Å². The number of nitrogens with zero attached hydrogens (tertiary/aromatic N) is 3. The van der Waals surface area contributed by atoms with Gasteiger partial charge in [0.25, 0.3) is 5.91 Å². The number of carbonyl (C=O) groups excluding carboxylic acids is 1. The first-order valence-electron chi connectivity index (χ1n) is 7.47. The summed E-state index contributed by atoms with van der Waals surface area (Å²) in [5.41, 5.74) is 2.65. The molecule has 2 aromatic heterocycles. The number of aromatic amines is 1. The average molecular weight is 292 g/mol. The molecule has 1 saturated heterocycles. The van der Waals surface area contributed by atoms with Gasteiger partial charge in [0.1, 0.15) is 0 Å². The summed E-state index contributed by atoms with van der Waals surface area (Å²) < 4.78 is 0. The highest BCUT2D eigenvalue weighted by Gasteiger charge is 2.31. The van der Waals surface area contributed by atoms with Gasteiger partial charge in [0.15, 0.2) is 0 Å². The molecule has 0 radical (unpaired) electrons. The fraction of sp³-hybridized carbons (Fsp3) is 0.235. The minimum absolute atomic E-state index is 0.0640. The second-order valence-corrected chi connectivity index (χ2v) is 5.58. The molecule has 0 saturated carbocycles. The van der Waals surface area contributed by atoms with E-state index in [1.165, 1.54) is 0 Å². The molecule has 5 heteroatoms. The van der Waals surface area contributed by atoms with E-state index in [1.54, 1.807) is 18.6 Å². The normalized spacial score (nSPS) is 18.0. The monoisotopic (exact) mass is 292 g/mol. The van der Waals surface area contributed by atoms with Crippen LogP contribution in [0.25, 0.3) is 10.9 Å². The van der Waals surface area contributed by atoms with Crippen molar-refractivity contribution in [2.75, 3.05) is 6.54 Å². The molecule has 1 fully saturated rings. The first-order valence-corrected chi connectivity index (χ1v) is 7.47. The van der Waals surface area contributed by atoms with Gasteiger partial charge in [0.05, 0.1) is 23.3 Å². The molecule has 1 aromatic carbocycles. The van der Waals surface area contributed by atoms with Gasteiger partial charge in [-0.1, -0.05) is 12.1 Å². The van der Waals surface area contributed by atoms with Crippen LogP contribution in [0.5, 0.6) is 0 Å². The molecule has 0 unspecified atom stereocenters. The molecule has 0 aliphatic carbocycles. The first kappa shape index (κ1) is 13.0. The van der Waals surface area contributed by atoms with Crippen LogP contribution in [-0.4, -0.2) is 32.5 Å². The summed E-state index contributed by atoms with van der Waals surface area (Å²) in [7, 11) is 0. The lowest BCUT2D eigenvalue weighted by atomic mass is 10.0. The Labute approximate surface area is 128 Å². The Kier molecular flexibility index (Phi) is 3.11. The Morgan fingerprint density at radius 2 is 2.09 bits per heavy atom. The molecule has 1 aliphatic heterocycles. The fourth-order valence-corrected chi connectivity index (χ4v) is 3.24. The summed E-state index contributed by atoms with van der Waals surface area (Å²) in [6.07, 6.45) is 7.33. The summed E-state index contributed by atoms with van der Waals surface area (Å²) in [5.74, 6) is 0.0640. The molecule has 5 nitrogen and oxygen atoms in total. The molecule has 1 N–H and O–H groups in total. The number of rotatable bonds is 2. The lowest BCUT2D eigenvalue weighted by molar-refractivity contribution is 0.0737. The van der Waals surface area contributed by atoms with Crippen molar-refractivity contribution in [3.63, 3.8) is 0 Å². The molecule has 4 rings (SSSR count). The van der Waals surface area contributed by atoms with Crippen LogP contribution in [0.3, 0.4) is 0 Å². The molecule has 22 heavy (non-hydrogen) atoms. The van der Waals surface area contributed by atoms with E-state index in [1.807, 2.05) is 35.2 Å². The van der Waals surface area contributed by atoms with Crippen LogP contribution in [0.4, 0.5) is 0 Å². The Morgan fingerprint density at radius 3 is 2.95 bits per heavy atom. The minimum Gasteiger partial charge on any atom is -0.332 e. The summed E-state index contributed by atoms with van der Waals surface area (Å²) >= 11 is 0. The second-order valence-electron chi connectivity index (χ2n) is 5.58. The Hall–Kier alpha value is -2.69. The molecule has 1 aliphatic rings. The zero-order chi connectivity index (χ0) is 14.9. The van der Waals surface area contributed by atoms with Gasteiger partial charge in [-0.3, -0.25) is 14.9 Å². The van der Waals surface area contributed by atoms with Gasteiger partial charge in [0.2, 0.25) is 0 Å². The van der Waals surface area contributed by atoms with Crippen molar-refractivity contribution in [3.05, 3.63) is 60.0 Å². The van der Waals surface area contributed by atoms with E-state index in [-0.39, 0.29) is 11.9 Å². The van der Waals surface area contributed by atoms with Crippen LogP contribution in [0.2, 0.25) is 0 Å². The predicted molar refractivity (Wildman–Crippen MR) is 83.3 cm³/mol. The molecule has 1 atom stereocenters. The van der Waals surface area contributed by atoms with E-state index in [2.05, 4.69) is 15.2 Å². The van der Waals surface area contributed by atoms with Gasteiger partial charge >= 0.3 is 0 Å². The number of H-pyrrole nitrogens is 1. The van der Waals surface area contributed by atoms with Gasteiger partial charge in [-0.15, -0.1) is 0 Å². The maximum Gasteiger partial charge on any atom is 0.256 e. The molecule has 110 valence electrons. The molecular formula is C17H16N4O.